The van der Waals surface area contributed by atoms with Crippen molar-refractivity contribution in [3.8, 4) is 0 Å². The van der Waals surface area contributed by atoms with Gasteiger partial charge in [0.05, 0.1) is 0 Å². The van der Waals surface area contributed by atoms with E-state index in [2.05, 4.69) is 63.1 Å². The lowest BCUT2D eigenvalue weighted by atomic mass is 9.46. The third-order valence-electron chi connectivity index (χ3n) is 10.6. The molecule has 1 aliphatic heterocycles. The van der Waals surface area contributed by atoms with Crippen molar-refractivity contribution in [2.45, 2.75) is 84.1 Å². The Labute approximate surface area is 177 Å². The maximum absolute atomic E-state index is 12.4. The number of hydrogen-bond donors (Lipinski definition) is 0. The van der Waals surface area contributed by atoms with Crippen molar-refractivity contribution in [3.63, 3.8) is 0 Å². The van der Waals surface area contributed by atoms with E-state index in [0.29, 0.717) is 28.7 Å². The Bertz CT molecular complexity index is 774. The molecule has 1 aromatic carbocycles. The number of carbonyl (C=O) groups excluding carboxylic acids is 1. The number of benzene rings is 1. The lowest BCUT2D eigenvalue weighted by Gasteiger charge is -2.62. The fraction of sp³-hybridized carbons (Fsp3) is 0.741. The Kier molecular flexibility index (Phi) is 4.64. The van der Waals surface area contributed by atoms with Crippen LogP contribution in [0.1, 0.15) is 83.6 Å². The number of carbonyl (C=O) groups is 1. The van der Waals surface area contributed by atoms with Crippen molar-refractivity contribution >= 4 is 5.91 Å². The molecule has 8 atom stereocenters. The van der Waals surface area contributed by atoms with Gasteiger partial charge in [-0.05, 0) is 90.9 Å². The van der Waals surface area contributed by atoms with Crippen LogP contribution in [-0.2, 0) is 4.79 Å². The number of fused-ring (bicyclic) bond motifs is 5. The van der Waals surface area contributed by atoms with Crippen LogP contribution in [0, 0.1) is 34.5 Å². The molecule has 1 aromatic rings. The van der Waals surface area contributed by atoms with Gasteiger partial charge in [-0.3, -0.25) is 4.79 Å². The van der Waals surface area contributed by atoms with E-state index in [1.54, 1.807) is 0 Å². The molecule has 3 saturated carbocycles. The molecule has 0 N–H and O–H groups in total. The highest BCUT2D eigenvalue weighted by molar-refractivity contribution is 5.77. The van der Waals surface area contributed by atoms with Crippen molar-refractivity contribution in [1.82, 2.24) is 4.90 Å². The van der Waals surface area contributed by atoms with Crippen LogP contribution in [0.4, 0.5) is 0 Å². The average molecular weight is 394 g/mol. The first-order valence-electron chi connectivity index (χ1n) is 12.2. The van der Waals surface area contributed by atoms with Crippen LogP contribution >= 0.6 is 0 Å². The zero-order valence-corrected chi connectivity index (χ0v) is 18.9. The number of piperidine rings is 1. The third-order valence-corrected chi connectivity index (χ3v) is 10.6. The Balaban J connectivity index is 1.41. The quantitative estimate of drug-likeness (QED) is 0.580. The standard InChI is InChI=1S/C27H39NO/c1-18(19-8-6-5-7-9-19)21-11-12-22-20-10-13-24-27(3,17-15-25(29)28(24)4)23(20)14-16-26(21,22)2/h5-9,18,20-24H,10-17H2,1-4H3/t18?,20-,21+,22-,23-,24+,26+,27+/m0/s1. The van der Waals surface area contributed by atoms with Crippen LogP contribution in [0.5, 0.6) is 0 Å². The molecule has 1 saturated heterocycles. The van der Waals surface area contributed by atoms with Crippen LogP contribution in [0.25, 0.3) is 0 Å². The van der Waals surface area contributed by atoms with E-state index >= 15 is 0 Å². The van der Waals surface area contributed by atoms with Crippen LogP contribution in [0.15, 0.2) is 30.3 Å². The highest BCUT2D eigenvalue weighted by Gasteiger charge is 2.61. The summed E-state index contributed by atoms with van der Waals surface area (Å²) in [6, 6.07) is 11.7. The van der Waals surface area contributed by atoms with Crippen LogP contribution < -0.4 is 0 Å². The molecule has 0 spiro atoms. The minimum atomic E-state index is 0.343. The summed E-state index contributed by atoms with van der Waals surface area (Å²) in [5, 5.41) is 0. The van der Waals surface area contributed by atoms with Gasteiger partial charge in [0.1, 0.15) is 0 Å². The zero-order chi connectivity index (χ0) is 20.4. The average Bonchev–Trinajstić information content (AvgIpc) is 3.08. The second-order valence-electron chi connectivity index (χ2n) is 11.4. The molecule has 1 heterocycles. The van der Waals surface area contributed by atoms with Crippen molar-refractivity contribution in [3.05, 3.63) is 35.9 Å². The van der Waals surface area contributed by atoms with Crippen LogP contribution in [-0.4, -0.2) is 23.9 Å². The van der Waals surface area contributed by atoms with Gasteiger partial charge in [0.25, 0.3) is 0 Å². The number of rotatable bonds is 2. The summed E-state index contributed by atoms with van der Waals surface area (Å²) in [7, 11) is 2.07. The summed E-state index contributed by atoms with van der Waals surface area (Å²) < 4.78 is 0. The van der Waals surface area contributed by atoms with Gasteiger partial charge in [0.15, 0.2) is 0 Å². The van der Waals surface area contributed by atoms with Crippen molar-refractivity contribution in [2.24, 2.45) is 34.5 Å². The first-order valence-corrected chi connectivity index (χ1v) is 12.2. The first-order chi connectivity index (χ1) is 13.9. The van der Waals surface area contributed by atoms with E-state index < -0.39 is 0 Å². The number of nitrogens with zero attached hydrogens (tertiary/aromatic N) is 1. The molecule has 0 aromatic heterocycles. The summed E-state index contributed by atoms with van der Waals surface area (Å²) in [6.45, 7) is 7.68. The summed E-state index contributed by atoms with van der Waals surface area (Å²) in [5.74, 6) is 4.44. The summed E-state index contributed by atoms with van der Waals surface area (Å²) >= 11 is 0. The number of hydrogen-bond acceptors (Lipinski definition) is 1. The van der Waals surface area contributed by atoms with E-state index in [0.717, 1.165) is 36.5 Å². The Morgan fingerprint density at radius 3 is 2.41 bits per heavy atom. The van der Waals surface area contributed by atoms with Gasteiger partial charge in [-0.2, -0.15) is 0 Å². The van der Waals surface area contributed by atoms with Gasteiger partial charge < -0.3 is 4.90 Å². The van der Waals surface area contributed by atoms with Crippen LogP contribution in [0.3, 0.4) is 0 Å². The Morgan fingerprint density at radius 1 is 0.931 bits per heavy atom. The Morgan fingerprint density at radius 2 is 1.66 bits per heavy atom. The maximum atomic E-state index is 12.4. The van der Waals surface area contributed by atoms with E-state index in [9.17, 15) is 4.79 Å². The van der Waals surface area contributed by atoms with E-state index in [1.165, 1.54) is 44.1 Å². The van der Waals surface area contributed by atoms with Crippen molar-refractivity contribution in [1.29, 1.82) is 0 Å². The molecule has 4 fully saturated rings. The molecule has 2 nitrogen and oxygen atoms in total. The molecular formula is C27H39NO. The highest BCUT2D eigenvalue weighted by Crippen LogP contribution is 2.67. The van der Waals surface area contributed by atoms with Gasteiger partial charge >= 0.3 is 0 Å². The first kappa shape index (κ1) is 19.6. The molecular weight excluding hydrogens is 354 g/mol. The molecule has 1 amide bonds. The molecule has 29 heavy (non-hydrogen) atoms. The fourth-order valence-electron chi connectivity index (χ4n) is 9.00. The molecule has 5 rings (SSSR count). The second kappa shape index (κ2) is 6.86. The summed E-state index contributed by atoms with van der Waals surface area (Å²) in [4.78, 5) is 14.5. The van der Waals surface area contributed by atoms with Crippen molar-refractivity contribution in [2.75, 3.05) is 7.05 Å². The lowest BCUT2D eigenvalue weighted by Crippen LogP contribution is -2.61. The second-order valence-corrected chi connectivity index (χ2v) is 11.4. The maximum Gasteiger partial charge on any atom is 0.222 e. The molecule has 1 unspecified atom stereocenters. The highest BCUT2D eigenvalue weighted by atomic mass is 16.2. The van der Waals surface area contributed by atoms with Crippen molar-refractivity contribution < 1.29 is 4.79 Å². The zero-order valence-electron chi connectivity index (χ0n) is 18.9. The lowest BCUT2D eigenvalue weighted by molar-refractivity contribution is -0.158. The fourth-order valence-corrected chi connectivity index (χ4v) is 9.00. The molecule has 4 aliphatic rings. The topological polar surface area (TPSA) is 20.3 Å². The molecule has 2 heteroatoms. The minimum Gasteiger partial charge on any atom is -0.342 e. The van der Waals surface area contributed by atoms with Gasteiger partial charge in [-0.15, -0.1) is 0 Å². The van der Waals surface area contributed by atoms with Gasteiger partial charge in [-0.25, -0.2) is 0 Å². The van der Waals surface area contributed by atoms with Crippen LogP contribution in [0.2, 0.25) is 0 Å². The predicted octanol–water partition coefficient (Wildman–Crippen LogP) is 6.27. The number of amides is 1. The number of likely N-dealkylation sites (tertiary alicyclic amines) is 1. The van der Waals surface area contributed by atoms with E-state index in [1.807, 2.05) is 0 Å². The molecule has 0 radical (unpaired) electrons. The minimum absolute atomic E-state index is 0.343. The summed E-state index contributed by atoms with van der Waals surface area (Å²) in [5.41, 5.74) is 2.37. The smallest absolute Gasteiger partial charge is 0.222 e. The van der Waals surface area contributed by atoms with E-state index in [-0.39, 0.29) is 0 Å². The molecule has 0 bridgehead atoms. The van der Waals surface area contributed by atoms with E-state index in [4.69, 9.17) is 0 Å². The third kappa shape index (κ3) is 2.77. The monoisotopic (exact) mass is 393 g/mol. The molecule has 3 aliphatic carbocycles. The van der Waals surface area contributed by atoms with Gasteiger partial charge in [0, 0.05) is 19.5 Å². The molecule has 158 valence electrons. The largest absolute Gasteiger partial charge is 0.342 e. The van der Waals surface area contributed by atoms with Gasteiger partial charge in [0.2, 0.25) is 5.91 Å². The van der Waals surface area contributed by atoms with Gasteiger partial charge in [-0.1, -0.05) is 51.1 Å². The SMILES string of the molecule is CC(c1ccccc1)[C@H]1CC[C@H]2[C@@H]3CC[C@H]4N(C)C(=O)CC[C@]4(C)[C@H]3CC[C@]12C. The predicted molar refractivity (Wildman–Crippen MR) is 119 cm³/mol. The Hall–Kier alpha value is -1.31. The normalized spacial score (nSPS) is 45.3. The summed E-state index contributed by atoms with van der Waals surface area (Å²) in [6.07, 6.45) is 10.1.